The van der Waals surface area contributed by atoms with Crippen molar-refractivity contribution in [1.29, 1.82) is 0 Å². The van der Waals surface area contributed by atoms with Gasteiger partial charge < -0.3 is 5.32 Å². The van der Waals surface area contributed by atoms with Gasteiger partial charge >= 0.3 is 0 Å². The Labute approximate surface area is 112 Å². The summed E-state index contributed by atoms with van der Waals surface area (Å²) in [6.07, 6.45) is 0.497. The molecule has 0 aliphatic carbocycles. The van der Waals surface area contributed by atoms with Gasteiger partial charge in [-0.25, -0.2) is 13.1 Å². The number of hydrogen-bond acceptors (Lipinski definition) is 5. The molecule has 0 aliphatic rings. The maximum Gasteiger partial charge on any atom is 0.269 e. The summed E-state index contributed by atoms with van der Waals surface area (Å²) in [5, 5.41) is 13.2. The van der Waals surface area contributed by atoms with E-state index in [-0.39, 0.29) is 18.0 Å². The summed E-state index contributed by atoms with van der Waals surface area (Å²) in [6, 6.07) is 6.07. The second-order valence-corrected chi connectivity index (χ2v) is 5.92. The van der Waals surface area contributed by atoms with Crippen LogP contribution in [0.15, 0.2) is 24.3 Å². The molecule has 0 fully saturated rings. The highest BCUT2D eigenvalue weighted by atomic mass is 32.2. The molecule has 0 saturated carbocycles. The van der Waals surface area contributed by atoms with E-state index < -0.39 is 14.9 Å². The lowest BCUT2D eigenvalue weighted by molar-refractivity contribution is -0.384. The number of nitro benzene ring substituents is 1. The Morgan fingerprint density at radius 1 is 1.21 bits per heavy atom. The van der Waals surface area contributed by atoms with E-state index in [0.717, 1.165) is 5.56 Å². The van der Waals surface area contributed by atoms with Crippen LogP contribution in [0.5, 0.6) is 0 Å². The molecule has 1 aromatic carbocycles. The van der Waals surface area contributed by atoms with Crippen LogP contribution in [0.4, 0.5) is 5.69 Å². The topological polar surface area (TPSA) is 101 Å². The van der Waals surface area contributed by atoms with E-state index in [4.69, 9.17) is 0 Å². The van der Waals surface area contributed by atoms with Crippen molar-refractivity contribution >= 4 is 15.7 Å². The molecule has 1 aromatic rings. The average molecular weight is 287 g/mol. The SMILES string of the molecule is CNCCS(=O)(=O)NCCc1ccc([N+](=O)[O-])cc1. The zero-order valence-electron chi connectivity index (χ0n) is 10.6. The lowest BCUT2D eigenvalue weighted by Crippen LogP contribution is -2.32. The maximum atomic E-state index is 11.5. The molecule has 0 aromatic heterocycles. The largest absolute Gasteiger partial charge is 0.319 e. The van der Waals surface area contributed by atoms with Crippen molar-refractivity contribution in [2.24, 2.45) is 0 Å². The van der Waals surface area contributed by atoms with Gasteiger partial charge in [0, 0.05) is 25.2 Å². The van der Waals surface area contributed by atoms with E-state index in [1.165, 1.54) is 12.1 Å². The smallest absolute Gasteiger partial charge is 0.269 e. The quantitative estimate of drug-likeness (QED) is 0.528. The predicted molar refractivity (Wildman–Crippen MR) is 72.5 cm³/mol. The van der Waals surface area contributed by atoms with E-state index in [2.05, 4.69) is 10.0 Å². The van der Waals surface area contributed by atoms with Crippen LogP contribution in [-0.2, 0) is 16.4 Å². The minimum atomic E-state index is -3.26. The van der Waals surface area contributed by atoms with Crippen molar-refractivity contribution in [3.05, 3.63) is 39.9 Å². The molecular formula is C11H17N3O4S. The van der Waals surface area contributed by atoms with E-state index in [0.29, 0.717) is 13.0 Å². The third kappa shape index (κ3) is 5.77. The standard InChI is InChI=1S/C11H17N3O4S/c1-12-8-9-19(17,18)13-7-6-10-2-4-11(5-3-10)14(15)16/h2-5,12-13H,6-9H2,1H3. The summed E-state index contributed by atoms with van der Waals surface area (Å²) < 4.78 is 25.4. The number of sulfonamides is 1. The number of benzene rings is 1. The molecule has 0 saturated heterocycles. The van der Waals surface area contributed by atoms with E-state index in [1.54, 1.807) is 19.2 Å². The Morgan fingerprint density at radius 2 is 1.84 bits per heavy atom. The molecule has 19 heavy (non-hydrogen) atoms. The van der Waals surface area contributed by atoms with Gasteiger partial charge in [0.1, 0.15) is 0 Å². The highest BCUT2D eigenvalue weighted by Crippen LogP contribution is 2.11. The highest BCUT2D eigenvalue weighted by molar-refractivity contribution is 7.89. The van der Waals surface area contributed by atoms with E-state index in [9.17, 15) is 18.5 Å². The Morgan fingerprint density at radius 3 is 2.37 bits per heavy atom. The Hall–Kier alpha value is -1.51. The average Bonchev–Trinajstić information content (AvgIpc) is 2.37. The minimum Gasteiger partial charge on any atom is -0.319 e. The summed E-state index contributed by atoms with van der Waals surface area (Å²) in [5.74, 6) is 0.0315. The minimum absolute atomic E-state index is 0.0263. The fourth-order valence-corrected chi connectivity index (χ4v) is 2.47. The molecule has 1 rings (SSSR count). The number of nitrogens with one attached hydrogen (secondary N) is 2. The van der Waals surface area contributed by atoms with Crippen molar-refractivity contribution < 1.29 is 13.3 Å². The molecule has 106 valence electrons. The number of hydrogen-bond donors (Lipinski definition) is 2. The molecule has 0 amide bonds. The molecule has 0 radical (unpaired) electrons. The van der Waals surface area contributed by atoms with Crippen LogP contribution in [0.2, 0.25) is 0 Å². The first-order chi connectivity index (χ1) is 8.94. The monoisotopic (exact) mass is 287 g/mol. The summed E-state index contributed by atoms with van der Waals surface area (Å²) in [7, 11) is -1.57. The van der Waals surface area contributed by atoms with Gasteiger partial charge in [0.15, 0.2) is 0 Å². The molecular weight excluding hydrogens is 270 g/mol. The van der Waals surface area contributed by atoms with Crippen molar-refractivity contribution in [2.75, 3.05) is 25.9 Å². The first kappa shape index (κ1) is 15.5. The second-order valence-electron chi connectivity index (χ2n) is 3.99. The maximum absolute atomic E-state index is 11.5. The van der Waals surface area contributed by atoms with Gasteiger partial charge in [0.2, 0.25) is 10.0 Å². The van der Waals surface area contributed by atoms with Gasteiger partial charge in [0.05, 0.1) is 10.7 Å². The first-order valence-corrected chi connectivity index (χ1v) is 7.45. The molecule has 2 N–H and O–H groups in total. The summed E-state index contributed by atoms with van der Waals surface area (Å²) in [6.45, 7) is 0.677. The van der Waals surface area contributed by atoms with Gasteiger partial charge in [-0.15, -0.1) is 0 Å². The third-order valence-electron chi connectivity index (χ3n) is 2.50. The van der Waals surface area contributed by atoms with E-state index in [1.807, 2.05) is 0 Å². The number of rotatable bonds is 8. The highest BCUT2D eigenvalue weighted by Gasteiger charge is 2.09. The summed E-state index contributed by atoms with van der Waals surface area (Å²) >= 11 is 0. The van der Waals surface area contributed by atoms with Crippen LogP contribution >= 0.6 is 0 Å². The Kier molecular flexibility index (Phi) is 5.87. The van der Waals surface area contributed by atoms with Crippen LogP contribution in [0.3, 0.4) is 0 Å². The molecule has 0 heterocycles. The zero-order chi connectivity index (χ0) is 14.3. The fraction of sp³-hybridized carbons (Fsp3) is 0.455. The van der Waals surface area contributed by atoms with Crippen LogP contribution in [-0.4, -0.2) is 39.2 Å². The van der Waals surface area contributed by atoms with Crippen molar-refractivity contribution in [3.8, 4) is 0 Å². The van der Waals surface area contributed by atoms with Gasteiger partial charge in [0.25, 0.3) is 5.69 Å². The number of nitrogens with zero attached hydrogens (tertiary/aromatic N) is 1. The van der Waals surface area contributed by atoms with Crippen molar-refractivity contribution in [3.63, 3.8) is 0 Å². The summed E-state index contributed by atoms with van der Waals surface area (Å²) in [5.41, 5.74) is 0.875. The van der Waals surface area contributed by atoms with E-state index >= 15 is 0 Å². The molecule has 0 unspecified atom stereocenters. The number of nitro groups is 1. The van der Waals surface area contributed by atoms with Crippen molar-refractivity contribution in [1.82, 2.24) is 10.0 Å². The molecule has 8 heteroatoms. The summed E-state index contributed by atoms with van der Waals surface area (Å²) in [4.78, 5) is 10.00. The lowest BCUT2D eigenvalue weighted by Gasteiger charge is -2.06. The second kappa shape index (κ2) is 7.17. The van der Waals surface area contributed by atoms with Gasteiger partial charge in [-0.05, 0) is 19.0 Å². The van der Waals surface area contributed by atoms with Gasteiger partial charge in [-0.3, -0.25) is 10.1 Å². The van der Waals surface area contributed by atoms with Crippen LogP contribution < -0.4 is 10.0 Å². The van der Waals surface area contributed by atoms with Crippen molar-refractivity contribution in [2.45, 2.75) is 6.42 Å². The van der Waals surface area contributed by atoms with Crippen LogP contribution in [0, 0.1) is 10.1 Å². The predicted octanol–water partition coefficient (Wildman–Crippen LogP) is 0.276. The molecule has 0 aliphatic heterocycles. The fourth-order valence-electron chi connectivity index (χ4n) is 1.44. The molecule has 0 atom stereocenters. The zero-order valence-corrected chi connectivity index (χ0v) is 11.4. The van der Waals surface area contributed by atoms with Gasteiger partial charge in [-0.1, -0.05) is 12.1 Å². The molecule has 7 nitrogen and oxygen atoms in total. The first-order valence-electron chi connectivity index (χ1n) is 5.80. The third-order valence-corrected chi connectivity index (χ3v) is 3.89. The van der Waals surface area contributed by atoms with Crippen LogP contribution in [0.1, 0.15) is 5.56 Å². The molecule has 0 bridgehead atoms. The Balaban J connectivity index is 2.43. The lowest BCUT2D eigenvalue weighted by atomic mass is 10.1. The normalized spacial score (nSPS) is 11.4. The number of non-ortho nitro benzene ring substituents is 1. The van der Waals surface area contributed by atoms with Crippen LogP contribution in [0.25, 0.3) is 0 Å². The van der Waals surface area contributed by atoms with Gasteiger partial charge in [-0.2, -0.15) is 0 Å². The Bertz CT molecular complexity index is 513. The molecule has 0 spiro atoms.